The fourth-order valence-corrected chi connectivity index (χ4v) is 4.55. The second kappa shape index (κ2) is 7.53. The number of amides is 1. The van der Waals surface area contributed by atoms with Crippen molar-refractivity contribution < 1.29 is 17.9 Å². The predicted molar refractivity (Wildman–Crippen MR) is 116 cm³/mol. The number of rotatable bonds is 6. The van der Waals surface area contributed by atoms with Gasteiger partial charge < -0.3 is 10.1 Å². The molecule has 0 radical (unpaired) electrons. The Morgan fingerprint density at radius 1 is 1.19 bits per heavy atom. The zero-order valence-corrected chi connectivity index (χ0v) is 17.9. The van der Waals surface area contributed by atoms with Crippen molar-refractivity contribution in [1.82, 2.24) is 15.5 Å². The average Bonchev–Trinajstić information content (AvgIpc) is 3.32. The van der Waals surface area contributed by atoms with E-state index in [1.807, 2.05) is 24.3 Å². The number of benzene rings is 2. The Kier molecular flexibility index (Phi) is 4.81. The minimum absolute atomic E-state index is 0.169. The van der Waals surface area contributed by atoms with Crippen LogP contribution in [0.15, 0.2) is 53.4 Å². The quantitative estimate of drug-likeness (QED) is 0.617. The summed E-state index contributed by atoms with van der Waals surface area (Å²) in [5.74, 6) is 1.09. The minimum atomic E-state index is -3.24. The van der Waals surface area contributed by atoms with Gasteiger partial charge in [0.1, 0.15) is 17.5 Å². The van der Waals surface area contributed by atoms with Crippen LogP contribution in [0.5, 0.6) is 5.75 Å². The van der Waals surface area contributed by atoms with E-state index >= 15 is 0 Å². The van der Waals surface area contributed by atoms with E-state index in [-0.39, 0.29) is 16.9 Å². The number of aromatic nitrogens is 2. The Hall–Kier alpha value is -3.13. The highest BCUT2D eigenvalue weighted by Gasteiger charge is 2.28. The van der Waals surface area contributed by atoms with Gasteiger partial charge in [0.15, 0.2) is 9.84 Å². The van der Waals surface area contributed by atoms with E-state index in [0.717, 1.165) is 41.0 Å². The van der Waals surface area contributed by atoms with Crippen LogP contribution in [0.2, 0.25) is 0 Å². The van der Waals surface area contributed by atoms with Crippen LogP contribution in [0.4, 0.5) is 0 Å². The van der Waals surface area contributed by atoms with Gasteiger partial charge in [-0.15, -0.1) is 0 Å². The van der Waals surface area contributed by atoms with Gasteiger partial charge >= 0.3 is 0 Å². The van der Waals surface area contributed by atoms with E-state index < -0.39 is 9.84 Å². The van der Waals surface area contributed by atoms with Gasteiger partial charge in [-0.3, -0.25) is 9.89 Å². The maximum Gasteiger partial charge on any atom is 0.271 e. The van der Waals surface area contributed by atoms with Crippen molar-refractivity contribution in [3.63, 3.8) is 0 Å². The van der Waals surface area contributed by atoms with Crippen molar-refractivity contribution in [3.05, 3.63) is 65.5 Å². The zero-order chi connectivity index (χ0) is 21.6. The number of nitrogens with one attached hydrogen (secondary N) is 2. The number of H-pyrrole nitrogens is 1. The van der Waals surface area contributed by atoms with Gasteiger partial charge in [-0.2, -0.15) is 5.10 Å². The molecule has 1 aliphatic carbocycles. The third kappa shape index (κ3) is 4.07. The molecule has 0 bridgehead atoms. The molecule has 2 N–H and O–H groups in total. The van der Waals surface area contributed by atoms with Crippen molar-refractivity contribution >= 4 is 15.7 Å². The molecule has 1 atom stereocenters. The first-order valence-electron chi connectivity index (χ1n) is 10.3. The molecule has 1 saturated carbocycles. The molecule has 0 spiro atoms. The third-order valence-corrected chi connectivity index (χ3v) is 6.89. The van der Waals surface area contributed by atoms with E-state index in [1.165, 1.54) is 6.26 Å². The highest BCUT2D eigenvalue weighted by atomic mass is 32.2. The molecule has 1 unspecified atom stereocenters. The number of carbonyl (C=O) groups excluding carboxylic acids is 1. The lowest BCUT2D eigenvalue weighted by Gasteiger charge is -2.13. The lowest BCUT2D eigenvalue weighted by molar-refractivity contribution is 0.0928. The molecule has 1 fully saturated rings. The first-order valence-corrected chi connectivity index (χ1v) is 12.2. The molecule has 160 valence electrons. The van der Waals surface area contributed by atoms with E-state index in [0.29, 0.717) is 24.6 Å². The lowest BCUT2D eigenvalue weighted by atomic mass is 10.0. The lowest BCUT2D eigenvalue weighted by Crippen LogP contribution is -2.34. The molecule has 8 heteroatoms. The minimum Gasteiger partial charge on any atom is -0.487 e. The fraction of sp³-hybridized carbons (Fsp3) is 0.304. The molecule has 2 aliphatic rings. The maximum atomic E-state index is 12.4. The molecule has 2 aromatic carbocycles. The Morgan fingerprint density at radius 3 is 2.68 bits per heavy atom. The van der Waals surface area contributed by atoms with Gasteiger partial charge in [-0.1, -0.05) is 30.3 Å². The predicted octanol–water partition coefficient (Wildman–Crippen LogP) is 3.09. The van der Waals surface area contributed by atoms with Crippen LogP contribution in [0.1, 0.15) is 40.5 Å². The number of carbonyl (C=O) groups is 1. The Bertz CT molecular complexity index is 1240. The van der Waals surface area contributed by atoms with Gasteiger partial charge in [0, 0.05) is 29.9 Å². The summed E-state index contributed by atoms with van der Waals surface area (Å²) >= 11 is 0. The maximum absolute atomic E-state index is 12.4. The van der Waals surface area contributed by atoms with Gasteiger partial charge in [0.05, 0.1) is 11.4 Å². The van der Waals surface area contributed by atoms with Crippen LogP contribution < -0.4 is 10.1 Å². The second-order valence-corrected chi connectivity index (χ2v) is 10.2. The number of fused-ring (bicyclic) bond motifs is 1. The Morgan fingerprint density at radius 2 is 1.97 bits per heavy atom. The molecule has 2 heterocycles. The van der Waals surface area contributed by atoms with Crippen LogP contribution >= 0.6 is 0 Å². The van der Waals surface area contributed by atoms with Crippen LogP contribution in [-0.2, 0) is 16.3 Å². The summed E-state index contributed by atoms with van der Waals surface area (Å²) in [5.41, 5.74) is 4.30. The summed E-state index contributed by atoms with van der Waals surface area (Å²) in [4.78, 5) is 12.7. The van der Waals surface area contributed by atoms with Gasteiger partial charge in [0.2, 0.25) is 0 Å². The molecule has 31 heavy (non-hydrogen) atoms. The summed E-state index contributed by atoms with van der Waals surface area (Å²) in [6, 6.07) is 14.6. The number of ether oxygens (including phenoxy) is 1. The smallest absolute Gasteiger partial charge is 0.271 e. The molecule has 7 nitrogen and oxygen atoms in total. The van der Waals surface area contributed by atoms with Crippen molar-refractivity contribution in [2.45, 2.75) is 36.2 Å². The molecule has 3 aromatic rings. The molecule has 1 amide bonds. The number of sulfone groups is 1. The van der Waals surface area contributed by atoms with Crippen molar-refractivity contribution in [1.29, 1.82) is 0 Å². The van der Waals surface area contributed by atoms with E-state index in [2.05, 4.69) is 15.5 Å². The second-order valence-electron chi connectivity index (χ2n) is 8.23. The molecular weight excluding hydrogens is 414 g/mol. The topological polar surface area (TPSA) is 101 Å². The number of nitrogens with zero attached hydrogens (tertiary/aromatic N) is 1. The Labute approximate surface area is 180 Å². The van der Waals surface area contributed by atoms with E-state index in [9.17, 15) is 13.2 Å². The summed E-state index contributed by atoms with van der Waals surface area (Å²) in [6.45, 7) is 0.381. The molecule has 0 saturated heterocycles. The number of aromatic amines is 1. The highest BCUT2D eigenvalue weighted by Crippen LogP contribution is 2.40. The SMILES string of the molecule is CS(=O)(=O)c1ccc(-c2cccc3c2OC(CNC(=O)c2cc(C4CC4)[nH]n2)C3)cc1. The van der Waals surface area contributed by atoms with E-state index in [1.54, 1.807) is 24.3 Å². The molecular formula is C23H23N3O4S. The van der Waals surface area contributed by atoms with Crippen LogP contribution in [0, 0.1) is 0 Å². The van der Waals surface area contributed by atoms with Gasteiger partial charge in [-0.05, 0) is 42.2 Å². The van der Waals surface area contributed by atoms with Crippen molar-refractivity contribution in [2.24, 2.45) is 0 Å². The monoisotopic (exact) mass is 437 g/mol. The average molecular weight is 438 g/mol. The van der Waals surface area contributed by atoms with Crippen LogP contribution in [0.25, 0.3) is 11.1 Å². The zero-order valence-electron chi connectivity index (χ0n) is 17.1. The molecule has 1 aromatic heterocycles. The Balaban J connectivity index is 1.27. The molecule has 5 rings (SSSR count). The van der Waals surface area contributed by atoms with Gasteiger partial charge in [0.25, 0.3) is 5.91 Å². The fourth-order valence-electron chi connectivity index (χ4n) is 3.91. The number of para-hydroxylation sites is 1. The first kappa shape index (κ1) is 19.8. The van der Waals surface area contributed by atoms with Gasteiger partial charge in [-0.25, -0.2) is 8.42 Å². The highest BCUT2D eigenvalue weighted by molar-refractivity contribution is 7.90. The summed E-state index contributed by atoms with van der Waals surface area (Å²) in [7, 11) is -3.24. The summed E-state index contributed by atoms with van der Waals surface area (Å²) < 4.78 is 29.6. The van der Waals surface area contributed by atoms with Crippen molar-refractivity contribution in [3.8, 4) is 16.9 Å². The van der Waals surface area contributed by atoms with Crippen LogP contribution in [-0.4, -0.2) is 43.4 Å². The van der Waals surface area contributed by atoms with Crippen molar-refractivity contribution in [2.75, 3.05) is 12.8 Å². The molecule has 1 aliphatic heterocycles. The summed E-state index contributed by atoms with van der Waals surface area (Å²) in [5, 5.41) is 9.99. The largest absolute Gasteiger partial charge is 0.487 e. The third-order valence-electron chi connectivity index (χ3n) is 5.76. The standard InChI is InChI=1S/C23H23N3O4S/c1-31(28,29)18-9-7-14(8-10-18)19-4-2-3-16-11-17(30-22(16)19)13-24-23(27)21-12-20(25-26-21)15-5-6-15/h2-4,7-10,12,15,17H,5-6,11,13H2,1H3,(H,24,27)(H,25,26). The number of hydrogen-bond acceptors (Lipinski definition) is 5. The summed E-state index contributed by atoms with van der Waals surface area (Å²) in [6.07, 6.45) is 4.02. The van der Waals surface area contributed by atoms with E-state index in [4.69, 9.17) is 4.74 Å². The van der Waals surface area contributed by atoms with Crippen LogP contribution in [0.3, 0.4) is 0 Å². The number of hydrogen-bond donors (Lipinski definition) is 2. The first-order chi connectivity index (χ1) is 14.9. The normalized spacial score (nSPS) is 17.8.